The summed E-state index contributed by atoms with van der Waals surface area (Å²) in [6.07, 6.45) is 6.62. The highest BCUT2D eigenvalue weighted by Gasteiger charge is 2.19. The Morgan fingerprint density at radius 2 is 2.11 bits per heavy atom. The largest absolute Gasteiger partial charge is 0.497 e. The van der Waals surface area contributed by atoms with Crippen LogP contribution in [-0.4, -0.2) is 24.6 Å². The fourth-order valence-electron chi connectivity index (χ4n) is 3.04. The van der Waals surface area contributed by atoms with E-state index in [4.69, 9.17) is 10.5 Å². The standard InChI is InChI=1S/C16H26N2O/c1-3-15-7-5-4-6-8-18(15)12-13-9-14(17)11-16(10-13)19-2/h9-11,15H,3-8,12,17H2,1-2H3. The first-order valence-corrected chi connectivity index (χ1v) is 7.40. The molecule has 1 aromatic carbocycles. The number of likely N-dealkylation sites (tertiary alicyclic amines) is 1. The zero-order valence-electron chi connectivity index (χ0n) is 12.2. The maximum atomic E-state index is 5.94. The molecule has 1 fully saturated rings. The molecule has 106 valence electrons. The molecule has 0 radical (unpaired) electrons. The van der Waals surface area contributed by atoms with Crippen molar-refractivity contribution in [2.75, 3.05) is 19.4 Å². The number of nitrogen functional groups attached to an aromatic ring is 1. The number of ether oxygens (including phenoxy) is 1. The molecule has 0 aromatic heterocycles. The average molecular weight is 262 g/mol. The van der Waals surface area contributed by atoms with Crippen LogP contribution in [0.4, 0.5) is 5.69 Å². The Kier molecular flexibility index (Phi) is 5.08. The molecule has 1 aromatic rings. The molecule has 3 heteroatoms. The van der Waals surface area contributed by atoms with Crippen LogP contribution in [-0.2, 0) is 6.54 Å². The van der Waals surface area contributed by atoms with E-state index in [2.05, 4.69) is 24.0 Å². The van der Waals surface area contributed by atoms with Crippen LogP contribution in [0.1, 0.15) is 44.6 Å². The summed E-state index contributed by atoms with van der Waals surface area (Å²) in [7, 11) is 1.69. The fraction of sp³-hybridized carbons (Fsp3) is 0.625. The van der Waals surface area contributed by atoms with E-state index < -0.39 is 0 Å². The van der Waals surface area contributed by atoms with E-state index in [0.717, 1.165) is 24.0 Å². The number of methoxy groups -OCH3 is 1. The first-order valence-electron chi connectivity index (χ1n) is 7.40. The number of anilines is 1. The second kappa shape index (κ2) is 6.80. The molecule has 1 heterocycles. The molecule has 0 aliphatic carbocycles. The Labute approximate surface area is 116 Å². The Balaban J connectivity index is 2.11. The number of nitrogens with zero attached hydrogens (tertiary/aromatic N) is 1. The molecule has 2 rings (SSSR count). The van der Waals surface area contributed by atoms with E-state index in [1.807, 2.05) is 6.07 Å². The number of rotatable bonds is 4. The number of hydrogen-bond donors (Lipinski definition) is 1. The van der Waals surface area contributed by atoms with Crippen molar-refractivity contribution in [3.63, 3.8) is 0 Å². The van der Waals surface area contributed by atoms with Crippen LogP contribution >= 0.6 is 0 Å². The third-order valence-electron chi connectivity index (χ3n) is 4.08. The summed E-state index contributed by atoms with van der Waals surface area (Å²) in [6, 6.07) is 6.77. The van der Waals surface area contributed by atoms with E-state index in [1.54, 1.807) is 7.11 Å². The maximum absolute atomic E-state index is 5.94. The van der Waals surface area contributed by atoms with Crippen molar-refractivity contribution in [3.8, 4) is 5.75 Å². The van der Waals surface area contributed by atoms with Gasteiger partial charge < -0.3 is 10.5 Å². The Morgan fingerprint density at radius 1 is 1.26 bits per heavy atom. The van der Waals surface area contributed by atoms with Crippen LogP contribution in [0.15, 0.2) is 18.2 Å². The second-order valence-electron chi connectivity index (χ2n) is 5.50. The Hall–Kier alpha value is -1.22. The summed E-state index contributed by atoms with van der Waals surface area (Å²) in [5.74, 6) is 0.859. The number of hydrogen-bond acceptors (Lipinski definition) is 3. The molecule has 1 unspecified atom stereocenters. The molecule has 1 aliphatic heterocycles. The average Bonchev–Trinajstić information content (AvgIpc) is 2.63. The van der Waals surface area contributed by atoms with Gasteiger partial charge in [0.25, 0.3) is 0 Å². The first kappa shape index (κ1) is 14.2. The topological polar surface area (TPSA) is 38.5 Å². The van der Waals surface area contributed by atoms with Crippen LogP contribution < -0.4 is 10.5 Å². The predicted octanol–water partition coefficient (Wildman–Crippen LogP) is 3.43. The summed E-state index contributed by atoms with van der Waals surface area (Å²) in [4.78, 5) is 2.61. The molecular weight excluding hydrogens is 236 g/mol. The van der Waals surface area contributed by atoms with Gasteiger partial charge in [0, 0.05) is 24.3 Å². The lowest BCUT2D eigenvalue weighted by Crippen LogP contribution is -2.33. The van der Waals surface area contributed by atoms with Gasteiger partial charge in [0.1, 0.15) is 5.75 Å². The monoisotopic (exact) mass is 262 g/mol. The highest BCUT2D eigenvalue weighted by atomic mass is 16.5. The minimum atomic E-state index is 0.718. The third-order valence-corrected chi connectivity index (χ3v) is 4.08. The van der Waals surface area contributed by atoms with Crippen molar-refractivity contribution < 1.29 is 4.74 Å². The van der Waals surface area contributed by atoms with Gasteiger partial charge in [-0.2, -0.15) is 0 Å². The van der Waals surface area contributed by atoms with Crippen molar-refractivity contribution in [1.29, 1.82) is 0 Å². The van der Waals surface area contributed by atoms with E-state index in [-0.39, 0.29) is 0 Å². The molecule has 0 bridgehead atoms. The summed E-state index contributed by atoms with van der Waals surface area (Å²) < 4.78 is 5.30. The van der Waals surface area contributed by atoms with Gasteiger partial charge in [0.05, 0.1) is 7.11 Å². The zero-order valence-corrected chi connectivity index (χ0v) is 12.2. The Bertz CT molecular complexity index is 406. The van der Waals surface area contributed by atoms with Crippen molar-refractivity contribution >= 4 is 5.69 Å². The van der Waals surface area contributed by atoms with Gasteiger partial charge in [-0.05, 0) is 43.5 Å². The van der Waals surface area contributed by atoms with Gasteiger partial charge in [-0.3, -0.25) is 4.90 Å². The summed E-state index contributed by atoms with van der Waals surface area (Å²) in [5, 5.41) is 0. The van der Waals surface area contributed by atoms with Crippen LogP contribution in [0, 0.1) is 0 Å². The Morgan fingerprint density at radius 3 is 2.84 bits per heavy atom. The van der Waals surface area contributed by atoms with E-state index >= 15 is 0 Å². The quantitative estimate of drug-likeness (QED) is 0.845. The van der Waals surface area contributed by atoms with Gasteiger partial charge in [0.2, 0.25) is 0 Å². The molecule has 1 saturated heterocycles. The molecule has 1 atom stereocenters. The molecule has 3 nitrogen and oxygen atoms in total. The van der Waals surface area contributed by atoms with Gasteiger partial charge in [-0.25, -0.2) is 0 Å². The molecule has 0 saturated carbocycles. The van der Waals surface area contributed by atoms with Gasteiger partial charge in [-0.1, -0.05) is 19.8 Å². The molecule has 2 N–H and O–H groups in total. The van der Waals surface area contributed by atoms with E-state index in [9.17, 15) is 0 Å². The fourth-order valence-corrected chi connectivity index (χ4v) is 3.04. The highest BCUT2D eigenvalue weighted by Crippen LogP contribution is 2.24. The van der Waals surface area contributed by atoms with E-state index in [1.165, 1.54) is 44.2 Å². The van der Waals surface area contributed by atoms with Crippen LogP contribution in [0.3, 0.4) is 0 Å². The lowest BCUT2D eigenvalue weighted by atomic mass is 10.1. The van der Waals surface area contributed by atoms with Crippen molar-refractivity contribution in [2.24, 2.45) is 0 Å². The molecule has 0 spiro atoms. The van der Waals surface area contributed by atoms with Crippen molar-refractivity contribution in [1.82, 2.24) is 4.90 Å². The summed E-state index contributed by atoms with van der Waals surface area (Å²) >= 11 is 0. The van der Waals surface area contributed by atoms with Gasteiger partial charge in [0.15, 0.2) is 0 Å². The molecule has 19 heavy (non-hydrogen) atoms. The van der Waals surface area contributed by atoms with Crippen molar-refractivity contribution in [3.05, 3.63) is 23.8 Å². The number of benzene rings is 1. The van der Waals surface area contributed by atoms with Crippen molar-refractivity contribution in [2.45, 2.75) is 51.6 Å². The van der Waals surface area contributed by atoms with Gasteiger partial charge in [-0.15, -0.1) is 0 Å². The third kappa shape index (κ3) is 3.87. The lowest BCUT2D eigenvalue weighted by Gasteiger charge is -2.29. The maximum Gasteiger partial charge on any atom is 0.121 e. The van der Waals surface area contributed by atoms with Crippen LogP contribution in [0.5, 0.6) is 5.75 Å². The normalized spacial score (nSPS) is 21.1. The molecular formula is C16H26N2O. The zero-order chi connectivity index (χ0) is 13.7. The summed E-state index contributed by atoms with van der Waals surface area (Å²) in [5.41, 5.74) is 7.99. The SMILES string of the molecule is CCC1CCCCCN1Cc1cc(N)cc(OC)c1. The minimum absolute atomic E-state index is 0.718. The molecule has 0 amide bonds. The number of nitrogens with two attached hydrogens (primary N) is 1. The van der Waals surface area contributed by atoms with Gasteiger partial charge >= 0.3 is 0 Å². The highest BCUT2D eigenvalue weighted by molar-refractivity contribution is 5.47. The first-order chi connectivity index (χ1) is 9.22. The second-order valence-corrected chi connectivity index (χ2v) is 5.50. The minimum Gasteiger partial charge on any atom is -0.497 e. The lowest BCUT2D eigenvalue weighted by molar-refractivity contribution is 0.186. The smallest absolute Gasteiger partial charge is 0.121 e. The van der Waals surface area contributed by atoms with Crippen LogP contribution in [0.25, 0.3) is 0 Å². The van der Waals surface area contributed by atoms with Crippen LogP contribution in [0.2, 0.25) is 0 Å². The summed E-state index contributed by atoms with van der Waals surface area (Å²) in [6.45, 7) is 4.48. The molecule has 1 aliphatic rings. The predicted molar refractivity (Wildman–Crippen MR) is 80.4 cm³/mol. The van der Waals surface area contributed by atoms with E-state index in [0.29, 0.717) is 0 Å².